The lowest BCUT2D eigenvalue weighted by Crippen LogP contribution is -2.34. The van der Waals surface area contributed by atoms with Crippen molar-refractivity contribution in [2.45, 2.75) is 31.2 Å². The number of hydrogen-bond acceptors (Lipinski definition) is 3. The molecule has 0 aliphatic carbocycles. The fourth-order valence-corrected chi connectivity index (χ4v) is 5.21. The molecule has 0 saturated heterocycles. The van der Waals surface area contributed by atoms with Gasteiger partial charge >= 0.3 is 0 Å². The van der Waals surface area contributed by atoms with Crippen LogP contribution in [0.2, 0.25) is 0 Å². The second-order valence-electron chi connectivity index (χ2n) is 5.90. The molecule has 0 bridgehead atoms. The number of fused-ring (bicyclic) bond motifs is 1. The van der Waals surface area contributed by atoms with Crippen LogP contribution in [-0.4, -0.2) is 24.9 Å². The molecular formula is C14H16BrN3O2S. The van der Waals surface area contributed by atoms with Crippen LogP contribution in [0.3, 0.4) is 0 Å². The number of halogens is 1. The van der Waals surface area contributed by atoms with E-state index in [2.05, 4.69) is 39.7 Å². The molecule has 1 aliphatic heterocycles. The molecule has 1 aliphatic rings. The third-order valence-corrected chi connectivity index (χ3v) is 6.15. The van der Waals surface area contributed by atoms with Gasteiger partial charge in [-0.25, -0.2) is 4.98 Å². The molecule has 21 heavy (non-hydrogen) atoms. The van der Waals surface area contributed by atoms with Crippen LogP contribution in [0.4, 0.5) is 5.69 Å². The van der Waals surface area contributed by atoms with Crippen LogP contribution in [0.25, 0.3) is 0 Å². The number of aryl methyl sites for hydroxylation is 1. The topological polar surface area (TPSA) is 66.1 Å². The highest BCUT2D eigenvalue weighted by molar-refractivity contribution is 9.10. The molecule has 0 unspecified atom stereocenters. The smallest absolute Gasteiger partial charge is 0.281 e. The Kier molecular flexibility index (Phi) is 3.18. The number of rotatable bonds is 2. The van der Waals surface area contributed by atoms with Gasteiger partial charge in [0.25, 0.3) is 10.0 Å². The van der Waals surface area contributed by atoms with E-state index in [1.165, 1.54) is 16.8 Å². The van der Waals surface area contributed by atoms with Gasteiger partial charge in [-0.3, -0.25) is 4.31 Å². The molecule has 0 saturated carbocycles. The number of imidazole rings is 1. The maximum absolute atomic E-state index is 12.8. The maximum atomic E-state index is 12.8. The van der Waals surface area contributed by atoms with E-state index < -0.39 is 10.0 Å². The highest BCUT2D eigenvalue weighted by atomic mass is 79.9. The van der Waals surface area contributed by atoms with Crippen LogP contribution in [0.1, 0.15) is 25.0 Å². The molecule has 0 fully saturated rings. The first-order valence-corrected chi connectivity index (χ1v) is 8.79. The van der Waals surface area contributed by atoms with E-state index in [0.29, 0.717) is 6.54 Å². The maximum Gasteiger partial charge on any atom is 0.281 e. The molecule has 2 aromatic rings. The Morgan fingerprint density at radius 3 is 2.71 bits per heavy atom. The summed E-state index contributed by atoms with van der Waals surface area (Å²) in [6, 6.07) is 3.90. The Morgan fingerprint density at radius 2 is 2.10 bits per heavy atom. The highest BCUT2D eigenvalue weighted by Crippen LogP contribution is 2.48. The molecule has 0 spiro atoms. The summed E-state index contributed by atoms with van der Waals surface area (Å²) >= 11 is 3.50. The number of hydrogen-bond donors (Lipinski definition) is 1. The fraction of sp³-hybridized carbons (Fsp3) is 0.357. The first-order chi connectivity index (χ1) is 9.75. The molecule has 2 heterocycles. The zero-order valence-electron chi connectivity index (χ0n) is 12.0. The van der Waals surface area contributed by atoms with Gasteiger partial charge in [0.2, 0.25) is 0 Å². The fourth-order valence-electron chi connectivity index (χ4n) is 2.99. The Labute approximate surface area is 132 Å². The van der Waals surface area contributed by atoms with Gasteiger partial charge in [-0.1, -0.05) is 19.9 Å². The average Bonchev–Trinajstić information content (AvgIpc) is 3.00. The standard InChI is InChI=1S/C14H16BrN3O2S/c1-9-4-5-10(15)13-12(9)14(2,3)7-18(13)21(19,20)11-6-16-8-17-11/h4-6,8H,7H2,1-3H3,(H,16,17). The van der Waals surface area contributed by atoms with E-state index in [0.717, 1.165) is 21.3 Å². The molecule has 0 atom stereocenters. The summed E-state index contributed by atoms with van der Waals surface area (Å²) in [4.78, 5) is 6.51. The summed E-state index contributed by atoms with van der Waals surface area (Å²) in [5.41, 5.74) is 2.66. The van der Waals surface area contributed by atoms with Crippen molar-refractivity contribution in [1.82, 2.24) is 9.97 Å². The molecule has 5 nitrogen and oxygen atoms in total. The minimum absolute atomic E-state index is 0.111. The SMILES string of the molecule is Cc1ccc(Br)c2c1C(C)(C)CN2S(=O)(=O)c1cnc[nH]1. The van der Waals surface area contributed by atoms with E-state index in [1.807, 2.05) is 19.1 Å². The molecule has 0 amide bonds. The van der Waals surface area contributed by atoms with Crippen molar-refractivity contribution in [3.05, 3.63) is 40.3 Å². The minimum Gasteiger partial charge on any atom is -0.334 e. The van der Waals surface area contributed by atoms with Crippen LogP contribution in [-0.2, 0) is 15.4 Å². The predicted molar refractivity (Wildman–Crippen MR) is 85.0 cm³/mol. The van der Waals surface area contributed by atoms with E-state index >= 15 is 0 Å². The highest BCUT2D eigenvalue weighted by Gasteiger charge is 2.43. The van der Waals surface area contributed by atoms with Crippen molar-refractivity contribution in [2.24, 2.45) is 0 Å². The van der Waals surface area contributed by atoms with Crippen molar-refractivity contribution in [2.75, 3.05) is 10.8 Å². The monoisotopic (exact) mass is 369 g/mol. The Balaban J connectivity index is 2.25. The number of aromatic nitrogens is 2. The first kappa shape index (κ1) is 14.6. The Bertz CT molecular complexity index is 798. The van der Waals surface area contributed by atoms with Crippen LogP contribution in [0.5, 0.6) is 0 Å². The summed E-state index contributed by atoms with van der Waals surface area (Å²) in [5, 5.41) is 0.111. The van der Waals surface area contributed by atoms with E-state index in [-0.39, 0.29) is 10.4 Å². The Morgan fingerprint density at radius 1 is 1.38 bits per heavy atom. The normalized spacial score (nSPS) is 17.0. The number of H-pyrrole nitrogens is 1. The number of anilines is 1. The van der Waals surface area contributed by atoms with Gasteiger partial charge in [-0.15, -0.1) is 0 Å². The van der Waals surface area contributed by atoms with Gasteiger partial charge in [0.15, 0.2) is 5.03 Å². The molecule has 1 aromatic carbocycles. The lowest BCUT2D eigenvalue weighted by molar-refractivity contribution is 0.551. The van der Waals surface area contributed by atoms with Crippen LogP contribution in [0.15, 0.2) is 34.2 Å². The predicted octanol–water partition coefficient (Wildman–Crippen LogP) is 2.97. The van der Waals surface area contributed by atoms with E-state index in [1.54, 1.807) is 0 Å². The summed E-state index contributed by atoms with van der Waals surface area (Å²) in [5.74, 6) is 0. The minimum atomic E-state index is -3.63. The first-order valence-electron chi connectivity index (χ1n) is 6.56. The number of nitrogens with zero attached hydrogens (tertiary/aromatic N) is 2. The number of sulfonamides is 1. The number of nitrogens with one attached hydrogen (secondary N) is 1. The summed E-state index contributed by atoms with van der Waals surface area (Å²) in [6.07, 6.45) is 2.71. The van der Waals surface area contributed by atoms with Crippen LogP contribution < -0.4 is 4.31 Å². The average molecular weight is 370 g/mol. The molecular weight excluding hydrogens is 354 g/mol. The summed E-state index contributed by atoms with van der Waals surface area (Å²) in [7, 11) is -3.63. The quantitative estimate of drug-likeness (QED) is 0.884. The van der Waals surface area contributed by atoms with Crippen LogP contribution in [0, 0.1) is 6.92 Å². The second-order valence-corrected chi connectivity index (χ2v) is 8.58. The number of benzene rings is 1. The van der Waals surface area contributed by atoms with Gasteiger partial charge in [-0.05, 0) is 40.0 Å². The molecule has 1 aromatic heterocycles. The molecule has 0 radical (unpaired) electrons. The lowest BCUT2D eigenvalue weighted by atomic mass is 9.84. The largest absolute Gasteiger partial charge is 0.334 e. The van der Waals surface area contributed by atoms with Gasteiger partial charge in [-0.2, -0.15) is 8.42 Å². The molecule has 1 N–H and O–H groups in total. The van der Waals surface area contributed by atoms with Gasteiger partial charge in [0, 0.05) is 16.4 Å². The van der Waals surface area contributed by atoms with Crippen molar-refractivity contribution >= 4 is 31.6 Å². The third kappa shape index (κ3) is 2.10. The molecule has 7 heteroatoms. The molecule has 3 rings (SSSR count). The van der Waals surface area contributed by atoms with Gasteiger partial charge < -0.3 is 4.98 Å². The van der Waals surface area contributed by atoms with Gasteiger partial charge in [0.1, 0.15) is 0 Å². The lowest BCUT2D eigenvalue weighted by Gasteiger charge is -2.21. The van der Waals surface area contributed by atoms with Crippen molar-refractivity contribution < 1.29 is 8.42 Å². The van der Waals surface area contributed by atoms with Crippen molar-refractivity contribution in [3.63, 3.8) is 0 Å². The van der Waals surface area contributed by atoms with Crippen LogP contribution >= 0.6 is 15.9 Å². The van der Waals surface area contributed by atoms with Crippen molar-refractivity contribution in [1.29, 1.82) is 0 Å². The zero-order valence-corrected chi connectivity index (χ0v) is 14.4. The van der Waals surface area contributed by atoms with Gasteiger partial charge in [0.05, 0.1) is 18.2 Å². The zero-order chi connectivity index (χ0) is 15.4. The third-order valence-electron chi connectivity index (χ3n) is 3.84. The van der Waals surface area contributed by atoms with Crippen molar-refractivity contribution in [3.8, 4) is 0 Å². The van der Waals surface area contributed by atoms with E-state index in [9.17, 15) is 8.42 Å². The second kappa shape index (κ2) is 4.58. The summed E-state index contributed by atoms with van der Waals surface area (Å²) in [6.45, 7) is 6.55. The number of aromatic amines is 1. The summed E-state index contributed by atoms with van der Waals surface area (Å²) < 4.78 is 27.9. The Hall–Kier alpha value is -1.34. The molecule has 112 valence electrons. The van der Waals surface area contributed by atoms with E-state index in [4.69, 9.17) is 0 Å².